The van der Waals surface area contributed by atoms with Gasteiger partial charge in [-0.1, -0.05) is 82.3 Å². The van der Waals surface area contributed by atoms with Crippen molar-refractivity contribution in [2.24, 2.45) is 0 Å². The average Bonchev–Trinajstić information content (AvgIpc) is 2.89. The molecule has 0 aromatic heterocycles. The Balaban J connectivity index is 1.64. The van der Waals surface area contributed by atoms with Gasteiger partial charge in [-0.3, -0.25) is 4.79 Å². The summed E-state index contributed by atoms with van der Waals surface area (Å²) in [6, 6.07) is 23.1. The molecule has 3 aromatic carbocycles. The van der Waals surface area contributed by atoms with E-state index < -0.39 is 8.32 Å². The number of carbonyl (C=O) groups is 1. The van der Waals surface area contributed by atoms with Gasteiger partial charge in [0.15, 0.2) is 8.32 Å². The Hall–Kier alpha value is -3.13. The molecule has 228 valence electrons. The molecule has 2 atom stereocenters. The van der Waals surface area contributed by atoms with Gasteiger partial charge in [-0.15, -0.1) is 0 Å². The molecule has 0 aliphatic rings. The first-order valence-electron chi connectivity index (χ1n) is 14.9. The predicted molar refractivity (Wildman–Crippen MR) is 175 cm³/mol. The van der Waals surface area contributed by atoms with Crippen LogP contribution in [0.5, 0.6) is 11.5 Å². The topological polar surface area (TPSA) is 90.8 Å². The van der Waals surface area contributed by atoms with Crippen molar-refractivity contribution in [1.29, 1.82) is 0 Å². The third-order valence-corrected chi connectivity index (χ3v) is 12.8. The lowest BCUT2D eigenvalue weighted by molar-refractivity contribution is -0.120. The van der Waals surface area contributed by atoms with Crippen molar-refractivity contribution >= 4 is 14.2 Å². The highest BCUT2D eigenvalue weighted by molar-refractivity contribution is 6.74. The fraction of sp³-hybridized carbons (Fsp3) is 0.457. The SMILES string of the molecule is C[C@@H](CNC(=O)Cc1cccc(CC(C)(C)NC[C@H](O[Si](C)(C)C(C)(C)C)c2cc(O)cc(O)c2)c1)c1ccccc1. The van der Waals surface area contributed by atoms with Crippen molar-refractivity contribution in [3.05, 3.63) is 95.1 Å². The van der Waals surface area contributed by atoms with E-state index in [1.54, 1.807) is 12.1 Å². The molecule has 4 N–H and O–H groups in total. The molecule has 42 heavy (non-hydrogen) atoms. The Morgan fingerprint density at radius 1 is 0.833 bits per heavy atom. The summed E-state index contributed by atoms with van der Waals surface area (Å²) in [7, 11) is -2.15. The lowest BCUT2D eigenvalue weighted by Crippen LogP contribution is -2.47. The summed E-state index contributed by atoms with van der Waals surface area (Å²) in [4.78, 5) is 12.7. The molecule has 7 heteroatoms. The molecule has 0 unspecified atom stereocenters. The van der Waals surface area contributed by atoms with E-state index in [1.165, 1.54) is 11.6 Å². The molecule has 3 aromatic rings. The number of benzene rings is 3. The number of aromatic hydroxyl groups is 2. The van der Waals surface area contributed by atoms with Crippen LogP contribution in [0.1, 0.15) is 75.8 Å². The summed E-state index contributed by atoms with van der Waals surface area (Å²) in [5.41, 5.74) is 3.82. The van der Waals surface area contributed by atoms with Crippen molar-refractivity contribution in [2.45, 2.75) is 90.1 Å². The molecule has 0 aliphatic carbocycles. The van der Waals surface area contributed by atoms with Crippen LogP contribution in [0.25, 0.3) is 0 Å². The molecule has 0 spiro atoms. The quantitative estimate of drug-likeness (QED) is 0.158. The number of phenolic OH excluding ortho intramolecular Hbond substituents is 2. The number of amides is 1. The fourth-order valence-corrected chi connectivity index (χ4v) is 6.05. The zero-order chi connectivity index (χ0) is 31.1. The van der Waals surface area contributed by atoms with Gasteiger partial charge in [0.1, 0.15) is 11.5 Å². The zero-order valence-electron chi connectivity index (χ0n) is 26.6. The molecule has 0 radical (unpaired) electrons. The summed E-state index contributed by atoms with van der Waals surface area (Å²) in [6.07, 6.45) is 0.759. The Bertz CT molecular complexity index is 1300. The number of hydrogen-bond acceptors (Lipinski definition) is 5. The Morgan fingerprint density at radius 3 is 2.07 bits per heavy atom. The van der Waals surface area contributed by atoms with E-state index in [4.69, 9.17) is 4.43 Å². The van der Waals surface area contributed by atoms with Crippen molar-refractivity contribution in [2.75, 3.05) is 13.1 Å². The molecule has 0 saturated heterocycles. The number of rotatable bonds is 13. The summed E-state index contributed by atoms with van der Waals surface area (Å²) in [5.74, 6) is 0.306. The van der Waals surface area contributed by atoms with Gasteiger partial charge in [0.05, 0.1) is 12.5 Å². The second-order valence-electron chi connectivity index (χ2n) is 13.7. The van der Waals surface area contributed by atoms with Gasteiger partial charge < -0.3 is 25.3 Å². The normalized spacial score (nSPS) is 13.9. The van der Waals surface area contributed by atoms with Gasteiger partial charge >= 0.3 is 0 Å². The van der Waals surface area contributed by atoms with Crippen LogP contribution >= 0.6 is 0 Å². The van der Waals surface area contributed by atoms with Crippen LogP contribution in [-0.4, -0.2) is 43.1 Å². The van der Waals surface area contributed by atoms with Crippen LogP contribution in [0.4, 0.5) is 0 Å². The maximum absolute atomic E-state index is 12.7. The Kier molecular flexibility index (Phi) is 11.0. The van der Waals surface area contributed by atoms with Gasteiger partial charge in [0, 0.05) is 24.7 Å². The van der Waals surface area contributed by atoms with E-state index in [1.807, 2.05) is 30.3 Å². The van der Waals surface area contributed by atoms with E-state index in [0.717, 1.165) is 23.1 Å². The molecule has 0 heterocycles. The summed E-state index contributed by atoms with van der Waals surface area (Å²) < 4.78 is 6.78. The van der Waals surface area contributed by atoms with Crippen LogP contribution in [0.2, 0.25) is 18.1 Å². The summed E-state index contributed by atoms with van der Waals surface area (Å²) in [6.45, 7) is 18.6. The Labute approximate surface area is 253 Å². The molecular formula is C35H50N2O4Si. The third kappa shape index (κ3) is 10.0. The fourth-order valence-electron chi connectivity index (χ4n) is 4.77. The van der Waals surface area contributed by atoms with E-state index in [2.05, 4.69) is 89.5 Å². The first kappa shape index (κ1) is 33.4. The summed E-state index contributed by atoms with van der Waals surface area (Å²) in [5, 5.41) is 27.1. The molecule has 0 aliphatic heterocycles. The average molecular weight is 591 g/mol. The second-order valence-corrected chi connectivity index (χ2v) is 18.5. The molecule has 1 amide bonds. The number of nitrogens with one attached hydrogen (secondary N) is 2. The van der Waals surface area contributed by atoms with Gasteiger partial charge in [-0.05, 0) is 78.7 Å². The van der Waals surface area contributed by atoms with Gasteiger partial charge in [0.25, 0.3) is 0 Å². The lowest BCUT2D eigenvalue weighted by atomic mass is 9.93. The van der Waals surface area contributed by atoms with Crippen LogP contribution in [-0.2, 0) is 22.1 Å². The number of carbonyl (C=O) groups excluding carboxylic acids is 1. The minimum atomic E-state index is -2.15. The molecule has 6 nitrogen and oxygen atoms in total. The maximum Gasteiger partial charge on any atom is 0.224 e. The maximum atomic E-state index is 12.7. The minimum Gasteiger partial charge on any atom is -0.508 e. The molecule has 0 saturated carbocycles. The van der Waals surface area contributed by atoms with Gasteiger partial charge in [-0.25, -0.2) is 0 Å². The van der Waals surface area contributed by atoms with E-state index >= 15 is 0 Å². The smallest absolute Gasteiger partial charge is 0.224 e. The monoisotopic (exact) mass is 590 g/mol. The molecule has 3 rings (SSSR count). The highest BCUT2D eigenvalue weighted by Crippen LogP contribution is 2.40. The van der Waals surface area contributed by atoms with Crippen LogP contribution < -0.4 is 10.6 Å². The lowest BCUT2D eigenvalue weighted by Gasteiger charge is -2.40. The Morgan fingerprint density at radius 2 is 1.45 bits per heavy atom. The highest BCUT2D eigenvalue weighted by Gasteiger charge is 2.40. The zero-order valence-corrected chi connectivity index (χ0v) is 27.6. The predicted octanol–water partition coefficient (Wildman–Crippen LogP) is 7.23. The first-order valence-corrected chi connectivity index (χ1v) is 17.8. The van der Waals surface area contributed by atoms with Crippen molar-refractivity contribution in [1.82, 2.24) is 10.6 Å². The standard InChI is InChI=1S/C35H50N2O4Si/c1-25(28-15-10-9-11-16-28)23-36-33(40)18-26-13-12-14-27(17-26)22-35(5,6)37-24-32(41-42(7,8)34(2,3)4)29-19-30(38)21-31(39)20-29/h9-17,19-21,25,32,37-39H,18,22-24H2,1-8H3,(H,36,40)/t25-,32-/m0/s1. The van der Waals surface area contributed by atoms with Crippen molar-refractivity contribution in [3.63, 3.8) is 0 Å². The first-order chi connectivity index (χ1) is 19.5. The van der Waals surface area contributed by atoms with Crippen LogP contribution in [0.3, 0.4) is 0 Å². The van der Waals surface area contributed by atoms with Crippen LogP contribution in [0.15, 0.2) is 72.8 Å². The van der Waals surface area contributed by atoms with E-state index in [-0.39, 0.29) is 40.0 Å². The van der Waals surface area contributed by atoms with Crippen molar-refractivity contribution < 1.29 is 19.4 Å². The van der Waals surface area contributed by atoms with Crippen molar-refractivity contribution in [3.8, 4) is 11.5 Å². The van der Waals surface area contributed by atoms with Gasteiger partial charge in [-0.2, -0.15) is 0 Å². The summed E-state index contributed by atoms with van der Waals surface area (Å²) >= 11 is 0. The number of hydrogen-bond donors (Lipinski definition) is 4. The number of phenols is 2. The van der Waals surface area contributed by atoms with Gasteiger partial charge in [0.2, 0.25) is 5.91 Å². The third-order valence-electron chi connectivity index (χ3n) is 8.28. The van der Waals surface area contributed by atoms with E-state index in [9.17, 15) is 15.0 Å². The highest BCUT2D eigenvalue weighted by atomic mass is 28.4. The second kappa shape index (κ2) is 13.9. The molecule has 0 fully saturated rings. The molecular weight excluding hydrogens is 540 g/mol. The van der Waals surface area contributed by atoms with E-state index in [0.29, 0.717) is 19.5 Å². The molecule has 0 bridgehead atoms. The largest absolute Gasteiger partial charge is 0.508 e. The minimum absolute atomic E-state index is 0.00591. The van der Waals surface area contributed by atoms with Crippen LogP contribution in [0, 0.1) is 0 Å².